The molecule has 3 rings (SSSR count). The van der Waals surface area contributed by atoms with Gasteiger partial charge >= 0.3 is 0 Å². The minimum Gasteiger partial charge on any atom is -0.366 e. The lowest BCUT2D eigenvalue weighted by Crippen LogP contribution is -2.46. The third kappa shape index (κ3) is 4.02. The Kier molecular flexibility index (Phi) is 5.71. The molecule has 0 aromatic carbocycles. The van der Waals surface area contributed by atoms with E-state index in [1.54, 1.807) is 6.08 Å². The number of nitrogens with one attached hydrogen (secondary N) is 1. The second kappa shape index (κ2) is 7.81. The van der Waals surface area contributed by atoms with Crippen molar-refractivity contribution in [1.82, 2.24) is 5.32 Å². The van der Waals surface area contributed by atoms with Gasteiger partial charge in [0.1, 0.15) is 12.2 Å². The van der Waals surface area contributed by atoms with E-state index >= 15 is 0 Å². The summed E-state index contributed by atoms with van der Waals surface area (Å²) in [7, 11) is 0. The lowest BCUT2D eigenvalue weighted by molar-refractivity contribution is -0.166. The summed E-state index contributed by atoms with van der Waals surface area (Å²) >= 11 is 0. The molecular weight excluding hydrogens is 322 g/mol. The Hall–Kier alpha value is -1.50. The minimum absolute atomic E-state index is 0.119. The van der Waals surface area contributed by atoms with Gasteiger partial charge in [0.2, 0.25) is 5.91 Å². The van der Waals surface area contributed by atoms with Crippen molar-refractivity contribution in [3.8, 4) is 0 Å². The second-order valence-electron chi connectivity index (χ2n) is 7.07. The van der Waals surface area contributed by atoms with Gasteiger partial charge in [-0.3, -0.25) is 9.59 Å². The van der Waals surface area contributed by atoms with E-state index in [9.17, 15) is 14.7 Å². The maximum atomic E-state index is 12.2. The zero-order valence-electron chi connectivity index (χ0n) is 14.6. The molecule has 138 valence electrons. The smallest absolute Gasteiger partial charge is 0.244 e. The molecule has 2 aliphatic heterocycles. The zero-order chi connectivity index (χ0) is 17.9. The highest BCUT2D eigenvalue weighted by molar-refractivity contribution is 6.00. The van der Waals surface area contributed by atoms with Crippen molar-refractivity contribution in [3.05, 3.63) is 24.3 Å². The van der Waals surface area contributed by atoms with Crippen LogP contribution in [-0.2, 0) is 19.1 Å². The zero-order valence-corrected chi connectivity index (χ0v) is 14.6. The van der Waals surface area contributed by atoms with Crippen molar-refractivity contribution in [2.24, 2.45) is 0 Å². The first kappa shape index (κ1) is 18.3. The topological polar surface area (TPSA) is 88.2 Å². The average molecular weight is 349 g/mol. The van der Waals surface area contributed by atoms with E-state index in [2.05, 4.69) is 12.2 Å². The third-order valence-corrected chi connectivity index (χ3v) is 5.11. The highest BCUT2D eigenvalue weighted by atomic mass is 16.7. The van der Waals surface area contributed by atoms with E-state index in [0.29, 0.717) is 0 Å². The molecule has 1 aliphatic carbocycles. The summed E-state index contributed by atoms with van der Waals surface area (Å²) in [5, 5.41) is 12.8. The molecule has 5 atom stereocenters. The van der Waals surface area contributed by atoms with Crippen LogP contribution in [0.1, 0.15) is 51.9 Å². The minimum atomic E-state index is -1.20. The van der Waals surface area contributed by atoms with Crippen LogP contribution in [0.5, 0.6) is 0 Å². The van der Waals surface area contributed by atoms with Crippen molar-refractivity contribution < 1.29 is 24.2 Å². The summed E-state index contributed by atoms with van der Waals surface area (Å²) in [5.74, 6) is -0.477. The molecule has 6 heteroatoms. The quantitative estimate of drug-likeness (QED) is 0.396. The van der Waals surface area contributed by atoms with E-state index in [1.807, 2.05) is 6.08 Å². The molecule has 2 saturated heterocycles. The van der Waals surface area contributed by atoms with Crippen molar-refractivity contribution in [3.63, 3.8) is 0 Å². The van der Waals surface area contributed by atoms with Crippen LogP contribution in [0.15, 0.2) is 24.3 Å². The van der Waals surface area contributed by atoms with Gasteiger partial charge in [-0.05, 0) is 31.1 Å². The lowest BCUT2D eigenvalue weighted by atomic mass is 9.84. The maximum Gasteiger partial charge on any atom is 0.244 e. The van der Waals surface area contributed by atoms with Crippen molar-refractivity contribution in [2.45, 2.75) is 82.0 Å². The van der Waals surface area contributed by atoms with E-state index in [4.69, 9.17) is 9.47 Å². The Morgan fingerprint density at radius 1 is 1.40 bits per heavy atom. The number of rotatable bonds is 8. The summed E-state index contributed by atoms with van der Waals surface area (Å²) in [6.07, 6.45) is 11.9. The molecule has 0 aromatic heterocycles. The predicted octanol–water partition coefficient (Wildman–Crippen LogP) is 1.77. The Morgan fingerprint density at radius 3 is 3.00 bits per heavy atom. The lowest BCUT2D eigenvalue weighted by Gasteiger charge is -2.25. The molecule has 1 spiro atoms. The van der Waals surface area contributed by atoms with Crippen LogP contribution in [0.4, 0.5) is 0 Å². The number of carbonyl (C=O) groups excluding carboxylic acids is 2. The fraction of sp³-hybridized carbons (Fsp3) is 0.684. The Morgan fingerprint density at radius 2 is 2.20 bits per heavy atom. The molecule has 2 fully saturated rings. The molecule has 0 unspecified atom stereocenters. The number of aliphatic hydroxyl groups is 1. The number of epoxide rings is 1. The SMILES string of the molecule is CCCCCCC/C=C/C(=O)N[C@H]1C[C@@]2(O[C@H]1O)C(=O)C=C[C@@H]1O[C@@H]12. The largest absolute Gasteiger partial charge is 0.366 e. The van der Waals surface area contributed by atoms with Crippen LogP contribution >= 0.6 is 0 Å². The van der Waals surface area contributed by atoms with Crippen LogP contribution in [0.25, 0.3) is 0 Å². The standard InChI is InChI=1S/C19H27NO5/c1-2-3-4-5-6-7-8-9-16(22)20-13-12-19(25-18(13)23)15(21)11-10-14-17(19)24-14/h8-11,13-14,17-18,23H,2-7,12H2,1H3,(H,20,22)/b9-8+/t13-,14-,17-,18+,19+/m0/s1. The number of hydrogen-bond donors (Lipinski definition) is 2. The van der Waals surface area contributed by atoms with Crippen LogP contribution < -0.4 is 5.32 Å². The molecule has 1 amide bonds. The molecular formula is C19H27NO5. The molecule has 0 radical (unpaired) electrons. The van der Waals surface area contributed by atoms with Gasteiger partial charge in [-0.1, -0.05) is 38.7 Å². The van der Waals surface area contributed by atoms with E-state index in [0.717, 1.165) is 12.8 Å². The number of amides is 1. The normalized spacial score (nSPS) is 36.2. The fourth-order valence-electron chi connectivity index (χ4n) is 3.63. The number of unbranched alkanes of at least 4 members (excludes halogenated alkanes) is 5. The van der Waals surface area contributed by atoms with Gasteiger partial charge in [-0.15, -0.1) is 0 Å². The molecule has 0 aromatic rings. The number of aliphatic hydroxyl groups excluding tert-OH is 1. The number of carbonyl (C=O) groups is 2. The predicted molar refractivity (Wildman–Crippen MR) is 91.7 cm³/mol. The number of ketones is 1. The van der Waals surface area contributed by atoms with Gasteiger partial charge < -0.3 is 19.9 Å². The first-order valence-electron chi connectivity index (χ1n) is 9.28. The Bertz CT molecular complexity index is 572. The molecule has 2 N–H and O–H groups in total. The van der Waals surface area contributed by atoms with E-state index < -0.39 is 17.9 Å². The monoisotopic (exact) mass is 349 g/mol. The summed E-state index contributed by atoms with van der Waals surface area (Å²) in [4.78, 5) is 24.3. The second-order valence-corrected chi connectivity index (χ2v) is 7.07. The summed E-state index contributed by atoms with van der Waals surface area (Å²) in [6, 6.07) is -0.609. The number of allylic oxidation sites excluding steroid dienone is 1. The van der Waals surface area contributed by atoms with Crippen molar-refractivity contribution in [1.29, 1.82) is 0 Å². The number of ether oxygens (including phenoxy) is 2. The maximum absolute atomic E-state index is 12.2. The number of fused-ring (bicyclic) bond motifs is 2. The highest BCUT2D eigenvalue weighted by Gasteiger charge is 2.65. The summed E-state index contributed by atoms with van der Waals surface area (Å²) in [5.41, 5.74) is -1.15. The van der Waals surface area contributed by atoms with E-state index in [1.165, 1.54) is 37.8 Å². The van der Waals surface area contributed by atoms with Crippen LogP contribution in [0, 0.1) is 0 Å². The summed E-state index contributed by atoms with van der Waals surface area (Å²) < 4.78 is 11.0. The average Bonchev–Trinajstić information content (AvgIpc) is 3.31. The highest BCUT2D eigenvalue weighted by Crippen LogP contribution is 2.47. The molecule has 3 aliphatic rings. The third-order valence-electron chi connectivity index (χ3n) is 5.11. The molecule has 0 saturated carbocycles. The van der Waals surface area contributed by atoms with Gasteiger partial charge in [0.25, 0.3) is 0 Å². The molecule has 25 heavy (non-hydrogen) atoms. The van der Waals surface area contributed by atoms with Gasteiger partial charge in [0.05, 0.1) is 6.04 Å². The molecule has 0 bridgehead atoms. The van der Waals surface area contributed by atoms with Gasteiger partial charge in [0.15, 0.2) is 17.7 Å². The van der Waals surface area contributed by atoms with Gasteiger partial charge in [-0.2, -0.15) is 0 Å². The van der Waals surface area contributed by atoms with Gasteiger partial charge in [0, 0.05) is 6.42 Å². The molecule has 6 nitrogen and oxygen atoms in total. The first-order chi connectivity index (χ1) is 12.1. The fourth-order valence-corrected chi connectivity index (χ4v) is 3.63. The Balaban J connectivity index is 1.44. The van der Waals surface area contributed by atoms with E-state index in [-0.39, 0.29) is 30.3 Å². The first-order valence-corrected chi connectivity index (χ1v) is 9.28. The Labute approximate surface area is 148 Å². The van der Waals surface area contributed by atoms with Crippen molar-refractivity contribution in [2.75, 3.05) is 0 Å². The van der Waals surface area contributed by atoms with Gasteiger partial charge in [-0.25, -0.2) is 0 Å². The summed E-state index contributed by atoms with van der Waals surface area (Å²) in [6.45, 7) is 2.18. The molecule has 2 heterocycles. The van der Waals surface area contributed by atoms with Crippen LogP contribution in [0.2, 0.25) is 0 Å². The van der Waals surface area contributed by atoms with Crippen LogP contribution in [-0.4, -0.2) is 46.9 Å². The van der Waals surface area contributed by atoms with Crippen molar-refractivity contribution >= 4 is 11.7 Å². The van der Waals surface area contributed by atoms with Crippen LogP contribution in [0.3, 0.4) is 0 Å². The number of hydrogen-bond acceptors (Lipinski definition) is 5.